The summed E-state index contributed by atoms with van der Waals surface area (Å²) in [4.78, 5) is 21.9. The summed E-state index contributed by atoms with van der Waals surface area (Å²) in [6, 6.07) is 8.41. The molecule has 1 amide bonds. The second kappa shape index (κ2) is 8.15. The summed E-state index contributed by atoms with van der Waals surface area (Å²) in [6.45, 7) is 1.69. The van der Waals surface area contributed by atoms with E-state index < -0.39 is 11.7 Å². The number of benzene rings is 1. The highest BCUT2D eigenvalue weighted by molar-refractivity contribution is 6.11. The maximum atomic E-state index is 14.5. The summed E-state index contributed by atoms with van der Waals surface area (Å²) in [5.41, 5.74) is 4.27. The monoisotopic (exact) mass is 372 g/mol. The third-order valence-corrected chi connectivity index (χ3v) is 4.23. The molecule has 0 radical (unpaired) electrons. The number of hydrogen-bond acceptors (Lipinski definition) is 5. The molecule has 0 saturated heterocycles. The Balaban J connectivity index is 2.04. The summed E-state index contributed by atoms with van der Waals surface area (Å²) in [6.07, 6.45) is 2.34. The van der Waals surface area contributed by atoms with Crippen molar-refractivity contribution in [2.24, 2.45) is 7.05 Å². The van der Waals surface area contributed by atoms with Crippen LogP contribution >= 0.6 is 0 Å². The number of hydrogen-bond donors (Lipinski definition) is 3. The van der Waals surface area contributed by atoms with Crippen LogP contribution in [0.25, 0.3) is 11.0 Å². The van der Waals surface area contributed by atoms with E-state index in [9.17, 15) is 9.18 Å². The fraction of sp³-hybridized carbons (Fsp3) is 0.263. The Morgan fingerprint density at radius 3 is 2.89 bits per heavy atom. The van der Waals surface area contributed by atoms with Gasteiger partial charge in [0.1, 0.15) is 17.3 Å². The summed E-state index contributed by atoms with van der Waals surface area (Å²) in [7, 11) is 1.74. The molecule has 1 aromatic carbocycles. The van der Waals surface area contributed by atoms with Gasteiger partial charge in [-0.25, -0.2) is 14.9 Å². The minimum absolute atomic E-state index is 0.0371. The van der Waals surface area contributed by atoms with Crippen LogP contribution in [0, 0.1) is 5.82 Å². The average molecular weight is 372 g/mol. The molecule has 7 nitrogen and oxygen atoms in total. The molecule has 0 aliphatic heterocycles. The smallest absolute Gasteiger partial charge is 0.279 e. The number of anilines is 2. The van der Waals surface area contributed by atoms with E-state index in [0.717, 1.165) is 12.0 Å². The number of aliphatic hydroxyl groups is 1. The SMILES string of the molecule is CCc1ccc(Nc2c(C(=O)NOCCO)c3cccnc3n2C)c(F)c1. The van der Waals surface area contributed by atoms with E-state index in [1.165, 1.54) is 6.07 Å². The molecule has 3 aromatic rings. The van der Waals surface area contributed by atoms with Crippen molar-refractivity contribution >= 4 is 28.4 Å². The molecule has 2 aromatic heterocycles. The third kappa shape index (κ3) is 3.76. The summed E-state index contributed by atoms with van der Waals surface area (Å²) in [5, 5.41) is 12.4. The molecule has 0 unspecified atom stereocenters. The molecular formula is C19H21FN4O3. The Bertz CT molecular complexity index is 971. The van der Waals surface area contributed by atoms with Crippen molar-refractivity contribution in [3.05, 3.63) is 53.5 Å². The lowest BCUT2D eigenvalue weighted by Crippen LogP contribution is -2.25. The lowest BCUT2D eigenvalue weighted by atomic mass is 10.1. The van der Waals surface area contributed by atoms with Crippen molar-refractivity contribution in [2.75, 3.05) is 18.5 Å². The molecule has 0 saturated carbocycles. The molecule has 0 spiro atoms. The zero-order valence-corrected chi connectivity index (χ0v) is 15.1. The number of nitrogens with zero attached hydrogens (tertiary/aromatic N) is 2. The van der Waals surface area contributed by atoms with E-state index in [1.807, 2.05) is 13.0 Å². The molecule has 0 bridgehead atoms. The molecule has 0 aliphatic rings. The van der Waals surface area contributed by atoms with Gasteiger partial charge in [-0.1, -0.05) is 13.0 Å². The number of pyridine rings is 1. The van der Waals surface area contributed by atoms with Gasteiger partial charge in [0.05, 0.1) is 24.5 Å². The second-order valence-electron chi connectivity index (χ2n) is 5.95. The molecule has 0 fully saturated rings. The third-order valence-electron chi connectivity index (χ3n) is 4.23. The van der Waals surface area contributed by atoms with E-state index in [2.05, 4.69) is 15.8 Å². The molecule has 27 heavy (non-hydrogen) atoms. The van der Waals surface area contributed by atoms with E-state index in [-0.39, 0.29) is 24.5 Å². The number of amides is 1. The fourth-order valence-electron chi connectivity index (χ4n) is 2.86. The van der Waals surface area contributed by atoms with Gasteiger partial charge in [-0.15, -0.1) is 0 Å². The van der Waals surface area contributed by atoms with E-state index >= 15 is 0 Å². The van der Waals surface area contributed by atoms with Gasteiger partial charge in [0, 0.05) is 18.6 Å². The van der Waals surface area contributed by atoms with Crippen molar-refractivity contribution in [1.29, 1.82) is 0 Å². The van der Waals surface area contributed by atoms with Gasteiger partial charge in [0.2, 0.25) is 0 Å². The van der Waals surface area contributed by atoms with E-state index in [0.29, 0.717) is 16.9 Å². The first-order valence-corrected chi connectivity index (χ1v) is 8.58. The molecule has 0 atom stereocenters. The van der Waals surface area contributed by atoms with Crippen molar-refractivity contribution in [2.45, 2.75) is 13.3 Å². The zero-order chi connectivity index (χ0) is 19.4. The highest BCUT2D eigenvalue weighted by atomic mass is 19.1. The fourth-order valence-corrected chi connectivity index (χ4v) is 2.86. The predicted octanol–water partition coefficient (Wildman–Crippen LogP) is 2.67. The molecule has 142 valence electrons. The number of hydroxylamine groups is 1. The topological polar surface area (TPSA) is 88.4 Å². The van der Waals surface area contributed by atoms with E-state index in [1.54, 1.807) is 36.0 Å². The Labute approximate surface area is 155 Å². The van der Waals surface area contributed by atoms with Crippen LogP contribution in [0.5, 0.6) is 0 Å². The van der Waals surface area contributed by atoms with Gasteiger partial charge in [0.25, 0.3) is 5.91 Å². The summed E-state index contributed by atoms with van der Waals surface area (Å²) < 4.78 is 16.1. The maximum Gasteiger partial charge on any atom is 0.279 e. The average Bonchev–Trinajstić information content (AvgIpc) is 2.95. The summed E-state index contributed by atoms with van der Waals surface area (Å²) >= 11 is 0. The molecule has 8 heteroatoms. The summed E-state index contributed by atoms with van der Waals surface area (Å²) in [5.74, 6) is -0.539. The first-order valence-electron chi connectivity index (χ1n) is 8.58. The van der Waals surface area contributed by atoms with Crippen molar-refractivity contribution in [3.63, 3.8) is 0 Å². The number of aliphatic hydroxyl groups excluding tert-OH is 1. The number of fused-ring (bicyclic) bond motifs is 1. The Hall–Kier alpha value is -2.97. The lowest BCUT2D eigenvalue weighted by molar-refractivity contribution is 0.0170. The first kappa shape index (κ1) is 18.8. The molecular weight excluding hydrogens is 351 g/mol. The molecule has 3 N–H and O–H groups in total. The van der Waals surface area contributed by atoms with Gasteiger partial charge in [-0.3, -0.25) is 9.63 Å². The maximum absolute atomic E-state index is 14.5. The largest absolute Gasteiger partial charge is 0.394 e. The van der Waals surface area contributed by atoms with Crippen LogP contribution < -0.4 is 10.8 Å². The van der Waals surface area contributed by atoms with Gasteiger partial charge in [0.15, 0.2) is 0 Å². The van der Waals surface area contributed by atoms with Crippen LogP contribution in [0.3, 0.4) is 0 Å². The van der Waals surface area contributed by atoms with Gasteiger partial charge >= 0.3 is 0 Å². The molecule has 0 aliphatic carbocycles. The number of aryl methyl sites for hydroxylation is 2. The van der Waals surface area contributed by atoms with Crippen molar-refractivity contribution < 1.29 is 19.1 Å². The van der Waals surface area contributed by atoms with E-state index in [4.69, 9.17) is 9.94 Å². The number of aromatic nitrogens is 2. The van der Waals surface area contributed by atoms with Crippen molar-refractivity contribution in [1.82, 2.24) is 15.0 Å². The van der Waals surface area contributed by atoms with Crippen molar-refractivity contribution in [3.8, 4) is 0 Å². The highest BCUT2D eigenvalue weighted by Crippen LogP contribution is 2.31. The minimum Gasteiger partial charge on any atom is -0.394 e. The Kier molecular flexibility index (Phi) is 5.68. The number of carbonyl (C=O) groups excluding carboxylic acids is 1. The predicted molar refractivity (Wildman–Crippen MR) is 100 cm³/mol. The quantitative estimate of drug-likeness (QED) is 0.438. The van der Waals surface area contributed by atoms with Crippen LogP contribution in [-0.4, -0.2) is 33.8 Å². The number of halogens is 1. The second-order valence-corrected chi connectivity index (χ2v) is 5.95. The minimum atomic E-state index is -0.518. The van der Waals surface area contributed by atoms with Gasteiger partial charge in [-0.05, 0) is 36.2 Å². The van der Waals surface area contributed by atoms with Gasteiger partial charge < -0.3 is 15.0 Å². The first-order chi connectivity index (χ1) is 13.1. The van der Waals surface area contributed by atoms with Crippen LogP contribution in [0.2, 0.25) is 0 Å². The zero-order valence-electron chi connectivity index (χ0n) is 15.1. The normalized spacial score (nSPS) is 11.0. The highest BCUT2D eigenvalue weighted by Gasteiger charge is 2.23. The molecule has 2 heterocycles. The van der Waals surface area contributed by atoms with Gasteiger partial charge in [-0.2, -0.15) is 0 Å². The standard InChI is InChI=1S/C19H21FN4O3/c1-3-12-6-7-15(14(20)11-12)22-18-16(19(26)23-27-10-9-25)13-5-4-8-21-17(13)24(18)2/h4-8,11,22,25H,3,9-10H2,1-2H3,(H,23,26). The van der Waals surface area contributed by atoms with Crippen LogP contribution in [0.15, 0.2) is 36.5 Å². The molecule has 3 rings (SSSR count). The number of carbonyl (C=O) groups is 1. The number of rotatable bonds is 7. The Morgan fingerprint density at radius 2 is 2.19 bits per heavy atom. The van der Waals surface area contributed by atoms with Crippen LogP contribution in [-0.2, 0) is 18.3 Å². The van der Waals surface area contributed by atoms with Crippen LogP contribution in [0.1, 0.15) is 22.8 Å². The van der Waals surface area contributed by atoms with Crippen LogP contribution in [0.4, 0.5) is 15.9 Å². The lowest BCUT2D eigenvalue weighted by Gasteiger charge is -2.12. The number of nitrogens with one attached hydrogen (secondary N) is 2. The Morgan fingerprint density at radius 1 is 1.37 bits per heavy atom.